The highest BCUT2D eigenvalue weighted by molar-refractivity contribution is 7.59. The maximum atomic E-state index is 13.5. The fourth-order valence-corrected chi connectivity index (χ4v) is 3.23. The van der Waals surface area contributed by atoms with Crippen molar-refractivity contribution in [2.75, 3.05) is 10.6 Å². The number of hydrogen-bond acceptors (Lipinski definition) is 7. The first kappa shape index (κ1) is 25.4. The second-order valence-electron chi connectivity index (χ2n) is 7.32. The van der Waals surface area contributed by atoms with Crippen LogP contribution in [-0.2, 0) is 6.18 Å². The first-order chi connectivity index (χ1) is 15.5. The van der Waals surface area contributed by atoms with E-state index in [-0.39, 0.29) is 55.4 Å². The third-order valence-electron chi connectivity index (χ3n) is 4.65. The molecular weight excluding hydrogens is 491 g/mol. The van der Waals surface area contributed by atoms with Gasteiger partial charge in [-0.15, -0.1) is 0 Å². The third kappa shape index (κ3) is 6.21. The van der Waals surface area contributed by atoms with Crippen molar-refractivity contribution in [3.63, 3.8) is 0 Å². The normalized spacial score (nSPS) is 17.2. The van der Waals surface area contributed by atoms with Crippen LogP contribution in [-0.4, -0.2) is 36.9 Å². The van der Waals surface area contributed by atoms with Crippen molar-refractivity contribution >= 4 is 31.1 Å². The lowest BCUT2D eigenvalue weighted by atomic mass is 10.2. The Hall–Kier alpha value is -3.23. The summed E-state index contributed by atoms with van der Waals surface area (Å²) >= 11 is 0. The number of alkyl halides is 5. The van der Waals surface area contributed by atoms with Crippen molar-refractivity contribution in [3.8, 4) is 11.5 Å². The largest absolute Gasteiger partial charge is 0.434 e. The summed E-state index contributed by atoms with van der Waals surface area (Å²) in [7, 11) is 0. The maximum Gasteiger partial charge on any atom is 0.434 e. The van der Waals surface area contributed by atoms with E-state index in [0.717, 1.165) is 18.3 Å². The number of rotatable bonds is 5. The first-order valence-electron chi connectivity index (χ1n) is 9.50. The predicted octanol–water partition coefficient (Wildman–Crippen LogP) is 5.08. The SMILES string of the molecule is Fc1cc(F)cc(Nc2nc(N[C@H]3CCC(F)(F)C3)nc(-c3cncc(C(F)(F)F)n3)n2)c1.S. The molecule has 0 radical (unpaired) electrons. The molecule has 15 heteroatoms. The molecule has 1 aromatic carbocycles. The number of hydrogen-bond donors (Lipinski definition) is 2. The molecule has 1 aliphatic rings. The second kappa shape index (κ2) is 9.56. The number of halogens is 7. The van der Waals surface area contributed by atoms with Gasteiger partial charge in [-0.25, -0.2) is 22.5 Å². The molecule has 2 N–H and O–H groups in total. The Morgan fingerprint density at radius 2 is 1.59 bits per heavy atom. The Morgan fingerprint density at radius 3 is 2.21 bits per heavy atom. The van der Waals surface area contributed by atoms with Crippen LogP contribution in [0.3, 0.4) is 0 Å². The summed E-state index contributed by atoms with van der Waals surface area (Å²) in [6, 6.07) is 1.79. The van der Waals surface area contributed by atoms with Crippen molar-refractivity contribution in [1.29, 1.82) is 0 Å². The monoisotopic (exact) mass is 507 g/mol. The van der Waals surface area contributed by atoms with Crippen molar-refractivity contribution < 1.29 is 30.7 Å². The van der Waals surface area contributed by atoms with Crippen molar-refractivity contribution in [1.82, 2.24) is 24.9 Å². The molecule has 0 bridgehead atoms. The number of nitrogens with zero attached hydrogens (tertiary/aromatic N) is 5. The minimum atomic E-state index is -4.78. The molecule has 0 spiro atoms. The zero-order valence-corrected chi connectivity index (χ0v) is 18.0. The van der Waals surface area contributed by atoms with Gasteiger partial charge in [0.1, 0.15) is 17.3 Å². The topological polar surface area (TPSA) is 88.5 Å². The highest BCUT2D eigenvalue weighted by Crippen LogP contribution is 2.36. The first-order valence-corrected chi connectivity index (χ1v) is 9.50. The van der Waals surface area contributed by atoms with Gasteiger partial charge >= 0.3 is 6.18 Å². The molecule has 0 amide bonds. The molecule has 7 nitrogen and oxygen atoms in total. The van der Waals surface area contributed by atoms with Gasteiger partial charge in [0.05, 0.1) is 12.4 Å². The minimum absolute atomic E-state index is 0. The zero-order chi connectivity index (χ0) is 23.8. The van der Waals surface area contributed by atoms with Gasteiger partial charge in [0, 0.05) is 30.6 Å². The minimum Gasteiger partial charge on any atom is -0.351 e. The van der Waals surface area contributed by atoms with Crippen LogP contribution in [0.5, 0.6) is 0 Å². The summed E-state index contributed by atoms with van der Waals surface area (Å²) in [5.74, 6) is -5.59. The van der Waals surface area contributed by atoms with Crippen LogP contribution in [0.1, 0.15) is 25.0 Å². The van der Waals surface area contributed by atoms with E-state index in [1.165, 1.54) is 0 Å². The Labute approximate surface area is 194 Å². The Balaban J connectivity index is 0.00000324. The summed E-state index contributed by atoms with van der Waals surface area (Å²) in [4.78, 5) is 18.9. The quantitative estimate of drug-likeness (QED) is 0.466. The molecule has 0 unspecified atom stereocenters. The van der Waals surface area contributed by atoms with Crippen LogP contribution < -0.4 is 10.6 Å². The van der Waals surface area contributed by atoms with Gasteiger partial charge in [-0.3, -0.25) is 4.98 Å². The van der Waals surface area contributed by atoms with Crippen LogP contribution in [0.4, 0.5) is 48.3 Å². The maximum absolute atomic E-state index is 13.5. The lowest BCUT2D eigenvalue weighted by molar-refractivity contribution is -0.141. The summed E-state index contributed by atoms with van der Waals surface area (Å²) in [5, 5.41) is 5.22. The molecule has 182 valence electrons. The molecule has 1 atom stereocenters. The lowest BCUT2D eigenvalue weighted by Gasteiger charge is -2.15. The van der Waals surface area contributed by atoms with E-state index in [9.17, 15) is 30.7 Å². The lowest BCUT2D eigenvalue weighted by Crippen LogP contribution is -2.21. The average Bonchev–Trinajstić information content (AvgIpc) is 3.04. The van der Waals surface area contributed by atoms with Gasteiger partial charge in [0.15, 0.2) is 11.5 Å². The third-order valence-corrected chi connectivity index (χ3v) is 4.65. The fraction of sp³-hybridized carbons (Fsp3) is 0.316. The van der Waals surface area contributed by atoms with Gasteiger partial charge in [0.2, 0.25) is 17.8 Å². The molecule has 1 aliphatic carbocycles. The highest BCUT2D eigenvalue weighted by atomic mass is 32.1. The van der Waals surface area contributed by atoms with Gasteiger partial charge in [-0.2, -0.15) is 41.6 Å². The van der Waals surface area contributed by atoms with Crippen molar-refractivity contribution in [2.24, 2.45) is 0 Å². The van der Waals surface area contributed by atoms with E-state index >= 15 is 0 Å². The molecule has 2 aromatic heterocycles. The number of anilines is 3. The zero-order valence-electron chi connectivity index (χ0n) is 17.0. The van der Waals surface area contributed by atoms with Crippen molar-refractivity contribution in [2.45, 2.75) is 37.4 Å². The van der Waals surface area contributed by atoms with E-state index in [1.54, 1.807) is 0 Å². The fourth-order valence-electron chi connectivity index (χ4n) is 3.23. The van der Waals surface area contributed by atoms with Gasteiger partial charge in [-0.05, 0) is 18.6 Å². The van der Waals surface area contributed by atoms with Gasteiger partial charge < -0.3 is 10.6 Å². The molecule has 34 heavy (non-hydrogen) atoms. The molecule has 0 saturated heterocycles. The smallest absolute Gasteiger partial charge is 0.351 e. The Morgan fingerprint density at radius 1 is 0.912 bits per heavy atom. The van der Waals surface area contributed by atoms with E-state index in [2.05, 4.69) is 35.6 Å². The molecular formula is C19H16F7N7S. The average molecular weight is 507 g/mol. The van der Waals surface area contributed by atoms with Crippen LogP contribution in [0, 0.1) is 11.6 Å². The number of benzene rings is 1. The van der Waals surface area contributed by atoms with Gasteiger partial charge in [-0.1, -0.05) is 0 Å². The molecule has 3 aromatic rings. The van der Waals surface area contributed by atoms with Crippen LogP contribution in [0.25, 0.3) is 11.5 Å². The molecule has 0 aliphatic heterocycles. The van der Waals surface area contributed by atoms with E-state index < -0.39 is 41.9 Å². The van der Waals surface area contributed by atoms with Gasteiger partial charge in [0.25, 0.3) is 0 Å². The van der Waals surface area contributed by atoms with Crippen LogP contribution in [0.2, 0.25) is 0 Å². The van der Waals surface area contributed by atoms with E-state index in [0.29, 0.717) is 12.3 Å². The standard InChI is InChI=1S/C19H14F7N7.H2S/c20-9-3-10(21)5-12(4-9)29-17-32-15(13-7-27-8-14(30-13)19(24,25)26)31-16(33-17)28-11-1-2-18(22,23)6-11;/h3-5,7-8,11H,1-2,6H2,(H2,28,29,31,32,33);1H2/t11-;/m0./s1. The molecule has 2 heterocycles. The molecule has 1 saturated carbocycles. The van der Waals surface area contributed by atoms with Crippen LogP contribution >= 0.6 is 13.5 Å². The molecule has 4 rings (SSSR count). The van der Waals surface area contributed by atoms with E-state index in [4.69, 9.17) is 0 Å². The summed E-state index contributed by atoms with van der Waals surface area (Å²) in [5.41, 5.74) is -1.77. The summed E-state index contributed by atoms with van der Waals surface area (Å²) < 4.78 is 93.2. The van der Waals surface area contributed by atoms with Crippen molar-refractivity contribution in [3.05, 3.63) is 47.9 Å². The van der Waals surface area contributed by atoms with Crippen LogP contribution in [0.15, 0.2) is 30.6 Å². The number of nitrogens with one attached hydrogen (secondary N) is 2. The Kier molecular flexibility index (Phi) is 7.14. The summed E-state index contributed by atoms with van der Waals surface area (Å²) in [6.45, 7) is 0. The van der Waals surface area contributed by atoms with E-state index in [1.807, 2.05) is 0 Å². The number of aromatic nitrogens is 5. The molecule has 1 fully saturated rings. The predicted molar refractivity (Wildman–Crippen MR) is 112 cm³/mol. The Bertz CT molecular complexity index is 1160. The second-order valence-corrected chi connectivity index (χ2v) is 7.32. The highest BCUT2D eigenvalue weighted by Gasteiger charge is 2.40. The summed E-state index contributed by atoms with van der Waals surface area (Å²) in [6.07, 6.45) is -4.03.